The molecule has 1 atom stereocenters. The number of nitrogens with zero attached hydrogens (tertiary/aromatic N) is 2. The molecule has 0 saturated carbocycles. The highest BCUT2D eigenvalue weighted by atomic mass is 35.5. The van der Waals surface area contributed by atoms with Gasteiger partial charge < -0.3 is 20.0 Å². The lowest BCUT2D eigenvalue weighted by atomic mass is 9.91. The molecule has 3 heterocycles. The van der Waals surface area contributed by atoms with Gasteiger partial charge in [-0.3, -0.25) is 4.79 Å². The maximum Gasteiger partial charge on any atom is 0.493 e. The molecule has 7 nitrogen and oxygen atoms in total. The maximum absolute atomic E-state index is 13.0. The Kier molecular flexibility index (Phi) is 6.57. The molecular weight excluding hydrogens is 497 g/mol. The largest absolute Gasteiger partial charge is 0.493 e. The van der Waals surface area contributed by atoms with E-state index in [0.717, 1.165) is 34.5 Å². The maximum atomic E-state index is 13.0. The molecule has 3 aromatic rings. The molecule has 36 heavy (non-hydrogen) atoms. The van der Waals surface area contributed by atoms with Crippen molar-refractivity contribution in [1.29, 1.82) is 0 Å². The highest BCUT2D eigenvalue weighted by molar-refractivity contribution is 6.31. The zero-order valence-corrected chi connectivity index (χ0v) is 19.9. The molecule has 2 aliphatic rings. The van der Waals surface area contributed by atoms with E-state index in [1.807, 2.05) is 24.4 Å². The van der Waals surface area contributed by atoms with E-state index >= 15 is 0 Å². The summed E-state index contributed by atoms with van der Waals surface area (Å²) in [5, 5.41) is 5.43. The van der Waals surface area contributed by atoms with E-state index in [1.165, 1.54) is 12.1 Å². The number of carbonyl (C=O) groups is 2. The highest BCUT2D eigenvalue weighted by Gasteiger charge is 2.46. The lowest BCUT2D eigenvalue weighted by molar-refractivity contribution is -0.203. The molecular formula is C25H24ClF3N4O3. The zero-order valence-electron chi connectivity index (χ0n) is 19.1. The van der Waals surface area contributed by atoms with Crippen molar-refractivity contribution >= 4 is 40.1 Å². The second kappa shape index (κ2) is 9.67. The van der Waals surface area contributed by atoms with Crippen LogP contribution in [-0.2, 0) is 16.1 Å². The van der Waals surface area contributed by atoms with Gasteiger partial charge in [-0.15, -0.1) is 0 Å². The van der Waals surface area contributed by atoms with Crippen molar-refractivity contribution in [3.8, 4) is 0 Å². The summed E-state index contributed by atoms with van der Waals surface area (Å²) in [5.74, 6) is -2.93. The number of aromatic amines is 1. The van der Waals surface area contributed by atoms with Crippen LogP contribution >= 0.6 is 11.6 Å². The van der Waals surface area contributed by atoms with Crippen LogP contribution in [0, 0.1) is 5.92 Å². The summed E-state index contributed by atoms with van der Waals surface area (Å²) in [4.78, 5) is 34.7. The van der Waals surface area contributed by atoms with E-state index in [9.17, 15) is 22.8 Å². The first-order valence-corrected chi connectivity index (χ1v) is 12.0. The Bertz CT molecular complexity index is 1290. The van der Waals surface area contributed by atoms with Gasteiger partial charge in [0.1, 0.15) is 6.17 Å². The Morgan fingerprint density at radius 2 is 1.89 bits per heavy atom. The molecule has 1 saturated heterocycles. The van der Waals surface area contributed by atoms with E-state index in [2.05, 4.69) is 15.2 Å². The van der Waals surface area contributed by atoms with Gasteiger partial charge in [-0.05, 0) is 68.2 Å². The number of anilines is 1. The number of likely N-dealkylation sites (tertiary alicyclic amines) is 1. The van der Waals surface area contributed by atoms with Gasteiger partial charge in [0.15, 0.2) is 0 Å². The molecule has 0 spiro atoms. The second-order valence-electron chi connectivity index (χ2n) is 9.07. The molecule has 2 aromatic carbocycles. The summed E-state index contributed by atoms with van der Waals surface area (Å²) in [5.41, 5.74) is 2.48. The number of halogens is 4. The van der Waals surface area contributed by atoms with Gasteiger partial charge in [-0.2, -0.15) is 18.2 Å². The van der Waals surface area contributed by atoms with E-state index in [1.54, 1.807) is 12.1 Å². The molecule has 2 aliphatic heterocycles. The molecule has 1 fully saturated rings. The number of hydrogen-bond acceptors (Lipinski definition) is 5. The quantitative estimate of drug-likeness (QED) is 0.511. The van der Waals surface area contributed by atoms with Crippen molar-refractivity contribution in [3.05, 3.63) is 64.8 Å². The number of para-hydroxylation sites is 1. The number of fused-ring (bicyclic) bond motifs is 2. The van der Waals surface area contributed by atoms with Crippen molar-refractivity contribution in [2.24, 2.45) is 5.92 Å². The first-order valence-electron chi connectivity index (χ1n) is 11.7. The van der Waals surface area contributed by atoms with Crippen LogP contribution in [0.15, 0.2) is 48.7 Å². The zero-order chi connectivity index (χ0) is 25.4. The minimum Gasteiger partial charge on any atom is -0.361 e. The third-order valence-electron chi connectivity index (χ3n) is 6.84. The number of nitrogens with one attached hydrogen (secondary N) is 2. The number of rotatable bonds is 5. The molecule has 1 unspecified atom stereocenters. The molecule has 5 rings (SSSR count). The van der Waals surface area contributed by atoms with Crippen LogP contribution in [0.1, 0.15) is 28.8 Å². The Balaban J connectivity index is 1.26. The summed E-state index contributed by atoms with van der Waals surface area (Å²) in [6, 6.07) is 11.9. The summed E-state index contributed by atoms with van der Waals surface area (Å²) in [6.45, 7) is 2.20. The van der Waals surface area contributed by atoms with Crippen LogP contribution in [0.4, 0.5) is 18.9 Å². The number of hydroxylamine groups is 1. The van der Waals surface area contributed by atoms with Gasteiger partial charge in [-0.25, -0.2) is 4.79 Å². The standard InChI is InChI=1S/C25H24ClF3N4O3/c26-17-5-6-20-19(13-17)16(14-30-20)9-12-32-10-7-15(8-11-32)22-31-23(34)18-3-1-2-4-21(18)33(22)36-24(35)25(27,28)29/h1-6,13-15,22,30H,7-12H2,(H,31,34). The Hall–Kier alpha value is -3.24. The van der Waals surface area contributed by atoms with Crippen LogP contribution in [0.25, 0.3) is 10.9 Å². The third kappa shape index (κ3) is 4.87. The Morgan fingerprint density at radius 3 is 2.64 bits per heavy atom. The molecule has 1 aromatic heterocycles. The van der Waals surface area contributed by atoms with Gasteiger partial charge >= 0.3 is 12.1 Å². The fraction of sp³-hybridized carbons (Fsp3) is 0.360. The summed E-state index contributed by atoms with van der Waals surface area (Å²) < 4.78 is 39.0. The van der Waals surface area contributed by atoms with Crippen LogP contribution in [-0.4, -0.2) is 53.7 Å². The number of alkyl halides is 3. The Morgan fingerprint density at radius 1 is 1.14 bits per heavy atom. The minimum atomic E-state index is -5.16. The van der Waals surface area contributed by atoms with Crippen LogP contribution in [0.3, 0.4) is 0 Å². The first-order chi connectivity index (χ1) is 17.2. The number of benzene rings is 2. The van der Waals surface area contributed by atoms with Crippen LogP contribution < -0.4 is 10.4 Å². The average Bonchev–Trinajstić information content (AvgIpc) is 3.26. The van der Waals surface area contributed by atoms with Crippen molar-refractivity contribution in [2.45, 2.75) is 31.6 Å². The molecule has 0 radical (unpaired) electrons. The van der Waals surface area contributed by atoms with E-state index in [4.69, 9.17) is 16.4 Å². The minimum absolute atomic E-state index is 0.143. The second-order valence-corrected chi connectivity index (χ2v) is 9.51. The number of carbonyl (C=O) groups excluding carboxylic acids is 2. The van der Waals surface area contributed by atoms with Crippen molar-refractivity contribution in [3.63, 3.8) is 0 Å². The van der Waals surface area contributed by atoms with Gasteiger partial charge in [0.2, 0.25) is 0 Å². The average molecular weight is 521 g/mol. The molecule has 0 aliphatic carbocycles. The number of H-pyrrole nitrogens is 1. The number of piperidine rings is 1. The molecule has 1 amide bonds. The number of hydrogen-bond donors (Lipinski definition) is 2. The smallest absolute Gasteiger partial charge is 0.361 e. The van der Waals surface area contributed by atoms with Gasteiger partial charge in [0.05, 0.1) is 11.3 Å². The van der Waals surface area contributed by atoms with E-state index < -0.39 is 24.2 Å². The van der Waals surface area contributed by atoms with Crippen molar-refractivity contribution < 1.29 is 27.6 Å². The molecule has 2 N–H and O–H groups in total. The molecule has 190 valence electrons. The van der Waals surface area contributed by atoms with Crippen LogP contribution in [0.5, 0.6) is 0 Å². The SMILES string of the molecule is O=C1NC(C2CCN(CCc3c[nH]c4ccc(Cl)cc34)CC2)N(OC(=O)C(F)(F)F)c2ccccc21. The normalized spacial score (nSPS) is 19.3. The number of amides is 1. The predicted octanol–water partition coefficient (Wildman–Crippen LogP) is 4.67. The van der Waals surface area contributed by atoms with Crippen LogP contribution in [0.2, 0.25) is 5.02 Å². The molecule has 0 bridgehead atoms. The predicted molar refractivity (Wildman–Crippen MR) is 128 cm³/mol. The summed E-state index contributed by atoms with van der Waals surface area (Å²) in [7, 11) is 0. The molecule has 11 heteroatoms. The van der Waals surface area contributed by atoms with Gasteiger partial charge in [-0.1, -0.05) is 23.7 Å². The fourth-order valence-corrected chi connectivity index (χ4v) is 5.14. The fourth-order valence-electron chi connectivity index (χ4n) is 4.96. The first kappa shape index (κ1) is 24.5. The summed E-state index contributed by atoms with van der Waals surface area (Å²) in [6.07, 6.45) is -2.02. The van der Waals surface area contributed by atoms with Crippen molar-refractivity contribution in [2.75, 3.05) is 24.7 Å². The van der Waals surface area contributed by atoms with E-state index in [-0.39, 0.29) is 17.2 Å². The van der Waals surface area contributed by atoms with Gasteiger partial charge in [0.25, 0.3) is 5.91 Å². The van der Waals surface area contributed by atoms with E-state index in [0.29, 0.717) is 31.0 Å². The Labute approximate surface area is 210 Å². The van der Waals surface area contributed by atoms with Gasteiger partial charge in [0, 0.05) is 34.6 Å². The highest BCUT2D eigenvalue weighted by Crippen LogP contribution is 2.34. The van der Waals surface area contributed by atoms with Crippen molar-refractivity contribution in [1.82, 2.24) is 15.2 Å². The lowest BCUT2D eigenvalue weighted by Gasteiger charge is -2.43. The topological polar surface area (TPSA) is 77.7 Å². The third-order valence-corrected chi connectivity index (χ3v) is 7.07. The monoisotopic (exact) mass is 520 g/mol. The number of aromatic nitrogens is 1. The lowest BCUT2D eigenvalue weighted by Crippen LogP contribution is -2.59. The summed E-state index contributed by atoms with van der Waals surface area (Å²) >= 11 is 6.14.